The van der Waals surface area contributed by atoms with Crippen LogP contribution in [-0.2, 0) is 13.1 Å². The molecule has 4 heteroatoms. The second-order valence-electron chi connectivity index (χ2n) is 4.24. The van der Waals surface area contributed by atoms with Crippen LogP contribution in [0.5, 0.6) is 17.2 Å². The minimum Gasteiger partial charge on any atom is -0.508 e. The molecule has 0 amide bonds. The Morgan fingerprint density at radius 2 is 1.79 bits per heavy atom. The van der Waals surface area contributed by atoms with Crippen LogP contribution in [0.25, 0.3) is 0 Å². The van der Waals surface area contributed by atoms with E-state index in [-0.39, 0.29) is 5.75 Å². The van der Waals surface area contributed by atoms with Gasteiger partial charge in [-0.1, -0.05) is 24.3 Å². The second kappa shape index (κ2) is 6.11. The van der Waals surface area contributed by atoms with Gasteiger partial charge in [0.25, 0.3) is 0 Å². The van der Waals surface area contributed by atoms with E-state index in [1.807, 2.05) is 18.2 Å². The predicted molar refractivity (Wildman–Crippen MR) is 73.3 cm³/mol. The summed E-state index contributed by atoms with van der Waals surface area (Å²) in [6, 6.07) is 12.4. The van der Waals surface area contributed by atoms with Crippen molar-refractivity contribution in [3.05, 3.63) is 53.6 Å². The summed E-state index contributed by atoms with van der Waals surface area (Å²) in [6.45, 7) is 1.21. The van der Waals surface area contributed by atoms with Gasteiger partial charge in [-0.05, 0) is 23.8 Å². The van der Waals surface area contributed by atoms with Crippen molar-refractivity contribution in [1.29, 1.82) is 0 Å². The largest absolute Gasteiger partial charge is 0.508 e. The Balaban J connectivity index is 1.94. The molecule has 0 saturated carbocycles. The number of para-hydroxylation sites is 1. The topological polar surface area (TPSA) is 61.7 Å². The Bertz CT molecular complexity index is 555. The van der Waals surface area contributed by atoms with E-state index in [1.54, 1.807) is 24.3 Å². The van der Waals surface area contributed by atoms with Gasteiger partial charge < -0.3 is 20.3 Å². The van der Waals surface area contributed by atoms with Crippen LogP contribution in [0.4, 0.5) is 0 Å². The van der Waals surface area contributed by atoms with Gasteiger partial charge in [-0.3, -0.25) is 0 Å². The summed E-state index contributed by atoms with van der Waals surface area (Å²) in [5.41, 5.74) is 1.86. The molecule has 0 heterocycles. The molecule has 0 atom stereocenters. The normalized spacial score (nSPS) is 10.4. The van der Waals surface area contributed by atoms with Crippen LogP contribution in [0.15, 0.2) is 42.5 Å². The van der Waals surface area contributed by atoms with E-state index in [0.717, 1.165) is 11.1 Å². The predicted octanol–water partition coefficient (Wildman–Crippen LogP) is 2.40. The summed E-state index contributed by atoms with van der Waals surface area (Å²) in [7, 11) is 1.52. The zero-order valence-electron chi connectivity index (χ0n) is 10.8. The molecule has 2 aromatic carbocycles. The van der Waals surface area contributed by atoms with E-state index >= 15 is 0 Å². The molecule has 0 aromatic heterocycles. The fraction of sp³-hybridized carbons (Fsp3) is 0.200. The highest BCUT2D eigenvalue weighted by atomic mass is 16.5. The Labute approximate surface area is 112 Å². The zero-order valence-corrected chi connectivity index (χ0v) is 10.8. The van der Waals surface area contributed by atoms with Crippen molar-refractivity contribution in [2.45, 2.75) is 13.1 Å². The van der Waals surface area contributed by atoms with E-state index < -0.39 is 0 Å². The molecule has 0 radical (unpaired) electrons. The van der Waals surface area contributed by atoms with Gasteiger partial charge in [0.2, 0.25) is 0 Å². The maximum atomic E-state index is 9.63. The second-order valence-corrected chi connectivity index (χ2v) is 4.24. The van der Waals surface area contributed by atoms with Gasteiger partial charge in [0.15, 0.2) is 11.5 Å². The van der Waals surface area contributed by atoms with Crippen molar-refractivity contribution in [2.24, 2.45) is 0 Å². The zero-order chi connectivity index (χ0) is 13.7. The van der Waals surface area contributed by atoms with E-state index in [9.17, 15) is 10.2 Å². The molecule has 0 aliphatic carbocycles. The molecule has 4 nitrogen and oxygen atoms in total. The molecule has 2 rings (SSSR count). The Hall–Kier alpha value is -2.20. The van der Waals surface area contributed by atoms with Crippen molar-refractivity contribution in [2.75, 3.05) is 7.11 Å². The van der Waals surface area contributed by atoms with Crippen LogP contribution in [-0.4, -0.2) is 17.3 Å². The van der Waals surface area contributed by atoms with Crippen molar-refractivity contribution in [3.63, 3.8) is 0 Å². The highest BCUT2D eigenvalue weighted by Gasteiger charge is 2.03. The molecular weight excluding hydrogens is 242 g/mol. The fourth-order valence-electron chi connectivity index (χ4n) is 1.83. The number of benzene rings is 2. The number of aromatic hydroxyl groups is 2. The highest BCUT2D eigenvalue weighted by molar-refractivity contribution is 5.41. The maximum Gasteiger partial charge on any atom is 0.160 e. The minimum absolute atomic E-state index is 0.131. The molecule has 0 bridgehead atoms. The standard InChI is InChI=1S/C15H17NO3/c1-19-15-8-11(6-7-14(15)18)9-16-10-12-4-2-3-5-13(12)17/h2-8,16-18H,9-10H2,1H3. The summed E-state index contributed by atoms with van der Waals surface area (Å²) in [5, 5.41) is 22.4. The SMILES string of the molecule is COc1cc(CNCc2ccccc2O)ccc1O. The third-order valence-electron chi connectivity index (χ3n) is 2.88. The lowest BCUT2D eigenvalue weighted by molar-refractivity contribution is 0.372. The molecule has 0 unspecified atom stereocenters. The average Bonchev–Trinajstić information content (AvgIpc) is 2.43. The summed E-state index contributed by atoms with van der Waals surface area (Å²) in [6.07, 6.45) is 0. The Kier molecular flexibility index (Phi) is 4.26. The van der Waals surface area contributed by atoms with E-state index in [4.69, 9.17) is 4.74 Å². The summed E-state index contributed by atoms with van der Waals surface area (Å²) in [5.74, 6) is 0.882. The van der Waals surface area contributed by atoms with Gasteiger partial charge in [0.05, 0.1) is 7.11 Å². The monoisotopic (exact) mass is 259 g/mol. The lowest BCUT2D eigenvalue weighted by atomic mass is 10.1. The van der Waals surface area contributed by atoms with Crippen LogP contribution in [0.2, 0.25) is 0 Å². The summed E-state index contributed by atoms with van der Waals surface area (Å²) >= 11 is 0. The van der Waals surface area contributed by atoms with Crippen LogP contribution in [0, 0.1) is 0 Å². The number of nitrogens with one attached hydrogen (secondary N) is 1. The molecule has 0 aliphatic rings. The molecular formula is C15H17NO3. The molecule has 19 heavy (non-hydrogen) atoms. The van der Waals surface area contributed by atoms with Gasteiger partial charge in [-0.15, -0.1) is 0 Å². The molecule has 0 aliphatic heterocycles. The van der Waals surface area contributed by atoms with Crippen molar-refractivity contribution < 1.29 is 14.9 Å². The molecule has 0 fully saturated rings. The number of phenols is 2. The smallest absolute Gasteiger partial charge is 0.160 e. The first-order chi connectivity index (χ1) is 9.20. The molecule has 3 N–H and O–H groups in total. The molecule has 2 aromatic rings. The van der Waals surface area contributed by atoms with Crippen LogP contribution in [0.3, 0.4) is 0 Å². The number of phenolic OH excluding ortho intramolecular Hbond substituents is 2. The average molecular weight is 259 g/mol. The van der Waals surface area contributed by atoms with Crippen LogP contribution >= 0.6 is 0 Å². The van der Waals surface area contributed by atoms with Gasteiger partial charge in [0.1, 0.15) is 5.75 Å². The van der Waals surface area contributed by atoms with E-state index in [1.165, 1.54) is 7.11 Å². The maximum absolute atomic E-state index is 9.63. The molecule has 0 spiro atoms. The minimum atomic E-state index is 0.131. The van der Waals surface area contributed by atoms with Gasteiger partial charge >= 0.3 is 0 Å². The number of hydrogen-bond acceptors (Lipinski definition) is 4. The van der Waals surface area contributed by atoms with Gasteiger partial charge in [0, 0.05) is 18.7 Å². The third kappa shape index (κ3) is 3.39. The molecule has 100 valence electrons. The summed E-state index contributed by atoms with van der Waals surface area (Å²) < 4.78 is 5.05. The first-order valence-corrected chi connectivity index (χ1v) is 6.04. The van der Waals surface area contributed by atoms with Gasteiger partial charge in [-0.2, -0.15) is 0 Å². The third-order valence-corrected chi connectivity index (χ3v) is 2.88. The van der Waals surface area contributed by atoms with Gasteiger partial charge in [-0.25, -0.2) is 0 Å². The number of ether oxygens (including phenoxy) is 1. The van der Waals surface area contributed by atoms with Crippen molar-refractivity contribution >= 4 is 0 Å². The van der Waals surface area contributed by atoms with Crippen LogP contribution < -0.4 is 10.1 Å². The Morgan fingerprint density at radius 3 is 2.53 bits per heavy atom. The number of hydrogen-bond donors (Lipinski definition) is 3. The first-order valence-electron chi connectivity index (χ1n) is 6.04. The quantitative estimate of drug-likeness (QED) is 0.771. The number of rotatable bonds is 5. The Morgan fingerprint density at radius 1 is 1.00 bits per heavy atom. The van der Waals surface area contributed by atoms with Crippen LogP contribution in [0.1, 0.15) is 11.1 Å². The summed E-state index contributed by atoms with van der Waals surface area (Å²) in [4.78, 5) is 0. The van der Waals surface area contributed by atoms with Crippen molar-refractivity contribution in [3.8, 4) is 17.2 Å². The van der Waals surface area contributed by atoms with E-state index in [2.05, 4.69) is 5.32 Å². The lowest BCUT2D eigenvalue weighted by Gasteiger charge is -2.09. The van der Waals surface area contributed by atoms with Crippen molar-refractivity contribution in [1.82, 2.24) is 5.32 Å². The number of methoxy groups -OCH3 is 1. The molecule has 0 saturated heterocycles. The van der Waals surface area contributed by atoms with E-state index in [0.29, 0.717) is 24.6 Å². The highest BCUT2D eigenvalue weighted by Crippen LogP contribution is 2.26. The first kappa shape index (κ1) is 13.2. The lowest BCUT2D eigenvalue weighted by Crippen LogP contribution is -2.12. The fourth-order valence-corrected chi connectivity index (χ4v) is 1.83.